The van der Waals surface area contributed by atoms with E-state index in [1.807, 2.05) is 38.1 Å². The van der Waals surface area contributed by atoms with Gasteiger partial charge in [0.2, 0.25) is 11.6 Å². The zero-order valence-corrected chi connectivity index (χ0v) is 20.8. The van der Waals surface area contributed by atoms with Crippen molar-refractivity contribution in [2.24, 2.45) is 0 Å². The molecule has 0 bridgehead atoms. The molecule has 10 heteroatoms. The molecule has 5 rings (SSSR count). The maximum atomic E-state index is 13.4. The second-order valence-electron chi connectivity index (χ2n) is 8.54. The number of carbonyl (C=O) groups excluding carboxylic acids is 1. The molecule has 0 aliphatic rings. The summed E-state index contributed by atoms with van der Waals surface area (Å²) in [5.74, 6) is 1.30. The van der Waals surface area contributed by atoms with E-state index in [-0.39, 0.29) is 18.1 Å². The third-order valence-electron chi connectivity index (χ3n) is 5.76. The Morgan fingerprint density at radius 2 is 1.70 bits per heavy atom. The fourth-order valence-electron chi connectivity index (χ4n) is 4.17. The van der Waals surface area contributed by atoms with Gasteiger partial charge in [-0.25, -0.2) is 18.9 Å². The number of amides is 1. The number of benzene rings is 3. The zero-order chi connectivity index (χ0) is 26.1. The maximum Gasteiger partial charge on any atom is 0.351 e. The van der Waals surface area contributed by atoms with Crippen LogP contribution in [0.4, 0.5) is 5.69 Å². The van der Waals surface area contributed by atoms with E-state index >= 15 is 0 Å². The summed E-state index contributed by atoms with van der Waals surface area (Å²) in [5.41, 5.74) is 3.33. The molecule has 2 aromatic heterocycles. The summed E-state index contributed by atoms with van der Waals surface area (Å²) in [6.45, 7) is 3.62. The van der Waals surface area contributed by atoms with Crippen molar-refractivity contribution >= 4 is 28.3 Å². The second-order valence-corrected chi connectivity index (χ2v) is 8.54. The molecule has 0 unspecified atom stereocenters. The molecule has 5 aromatic rings. The number of hydrogen-bond donors (Lipinski definition) is 1. The quantitative estimate of drug-likeness (QED) is 0.359. The molecule has 3 aromatic carbocycles. The molecular weight excluding hydrogens is 474 g/mol. The first-order chi connectivity index (χ1) is 17.9. The molecule has 0 radical (unpaired) electrons. The van der Waals surface area contributed by atoms with Gasteiger partial charge in [0.25, 0.3) is 5.88 Å². The molecule has 0 aliphatic carbocycles. The molecule has 10 nitrogen and oxygen atoms in total. The van der Waals surface area contributed by atoms with Gasteiger partial charge in [-0.2, -0.15) is 0 Å². The molecule has 188 valence electrons. The van der Waals surface area contributed by atoms with Crippen LogP contribution in [0.2, 0.25) is 0 Å². The summed E-state index contributed by atoms with van der Waals surface area (Å²) >= 11 is 0. The van der Waals surface area contributed by atoms with Gasteiger partial charge in [-0.1, -0.05) is 18.2 Å². The number of hydrogen-bond acceptors (Lipinski definition) is 7. The van der Waals surface area contributed by atoms with Crippen LogP contribution < -0.4 is 25.2 Å². The Kier molecular flexibility index (Phi) is 6.22. The molecular formula is C27H25N5O5. The van der Waals surface area contributed by atoms with Crippen LogP contribution in [0, 0.1) is 13.8 Å². The van der Waals surface area contributed by atoms with Gasteiger partial charge in [-0.3, -0.25) is 4.79 Å². The first-order valence-corrected chi connectivity index (χ1v) is 11.5. The minimum absolute atomic E-state index is 0.164. The number of aryl methyl sites for hydroxylation is 2. The predicted molar refractivity (Wildman–Crippen MR) is 139 cm³/mol. The number of methoxy groups -OCH3 is 2. The monoisotopic (exact) mass is 499 g/mol. The third kappa shape index (κ3) is 4.68. The van der Waals surface area contributed by atoms with Crippen molar-refractivity contribution in [1.29, 1.82) is 0 Å². The Morgan fingerprint density at radius 3 is 2.43 bits per heavy atom. The first kappa shape index (κ1) is 23.9. The van der Waals surface area contributed by atoms with Crippen LogP contribution in [0.15, 0.2) is 65.5 Å². The number of fused-ring (bicyclic) bond motifs is 3. The number of ether oxygens (including phenoxy) is 3. The van der Waals surface area contributed by atoms with Crippen molar-refractivity contribution < 1.29 is 19.0 Å². The average molecular weight is 500 g/mol. The topological polar surface area (TPSA) is 109 Å². The van der Waals surface area contributed by atoms with E-state index < -0.39 is 11.6 Å². The summed E-state index contributed by atoms with van der Waals surface area (Å²) < 4.78 is 19.1. The lowest BCUT2D eigenvalue weighted by atomic mass is 10.1. The number of aromatic nitrogens is 4. The summed E-state index contributed by atoms with van der Waals surface area (Å²) in [7, 11) is 3.03. The van der Waals surface area contributed by atoms with Crippen LogP contribution in [0.5, 0.6) is 23.1 Å². The lowest BCUT2D eigenvalue weighted by molar-refractivity contribution is -0.117. The zero-order valence-electron chi connectivity index (χ0n) is 20.8. The van der Waals surface area contributed by atoms with E-state index in [1.165, 1.54) is 11.5 Å². The lowest BCUT2D eigenvalue weighted by Crippen LogP contribution is -2.28. The lowest BCUT2D eigenvalue weighted by Gasteiger charge is -2.11. The number of rotatable bonds is 7. The SMILES string of the molecule is COc1ccc(NC(=O)Cn2nc3c(Oc4cc(C)cc(C)c4)nc4ccccc4n3c2=O)c(OC)c1. The summed E-state index contributed by atoms with van der Waals surface area (Å²) in [6.07, 6.45) is 0. The fourth-order valence-corrected chi connectivity index (χ4v) is 4.17. The van der Waals surface area contributed by atoms with Crippen molar-refractivity contribution in [2.45, 2.75) is 20.4 Å². The third-order valence-corrected chi connectivity index (χ3v) is 5.76. The minimum Gasteiger partial charge on any atom is -0.497 e. The second kappa shape index (κ2) is 9.65. The van der Waals surface area contributed by atoms with Crippen LogP contribution >= 0.6 is 0 Å². The summed E-state index contributed by atoms with van der Waals surface area (Å²) in [5, 5.41) is 7.18. The number of nitrogens with zero attached hydrogens (tertiary/aromatic N) is 4. The summed E-state index contributed by atoms with van der Waals surface area (Å²) in [6, 6.07) is 18.0. The Morgan fingerprint density at radius 1 is 0.946 bits per heavy atom. The van der Waals surface area contributed by atoms with Crippen molar-refractivity contribution in [1.82, 2.24) is 19.2 Å². The Hall–Kier alpha value is -4.86. The van der Waals surface area contributed by atoms with E-state index in [2.05, 4.69) is 15.4 Å². The standard InChI is InChI=1S/C27H25N5O5/c1-16-11-17(2)13-19(12-16)37-26-25-30-31(27(34)32(25)22-8-6-5-7-20(22)29-26)15-24(33)28-21-10-9-18(35-3)14-23(21)36-4/h5-14H,15H2,1-4H3,(H,28,33). The Bertz CT molecular complexity index is 1690. The highest BCUT2D eigenvalue weighted by Crippen LogP contribution is 2.29. The van der Waals surface area contributed by atoms with Crippen LogP contribution in [0.25, 0.3) is 16.7 Å². The van der Waals surface area contributed by atoms with E-state index in [4.69, 9.17) is 14.2 Å². The van der Waals surface area contributed by atoms with Crippen LogP contribution in [-0.2, 0) is 11.3 Å². The molecule has 0 saturated heterocycles. The van der Waals surface area contributed by atoms with Crippen LogP contribution in [0.3, 0.4) is 0 Å². The van der Waals surface area contributed by atoms with Gasteiger partial charge in [0.15, 0.2) is 0 Å². The highest BCUT2D eigenvalue weighted by molar-refractivity contribution is 5.92. The minimum atomic E-state index is -0.490. The van der Waals surface area contributed by atoms with Gasteiger partial charge in [-0.15, -0.1) is 5.10 Å². The van der Waals surface area contributed by atoms with E-state index in [1.54, 1.807) is 43.5 Å². The number of para-hydroxylation sites is 2. The van der Waals surface area contributed by atoms with Crippen LogP contribution in [-0.4, -0.2) is 39.3 Å². The molecule has 0 atom stereocenters. The summed E-state index contributed by atoms with van der Waals surface area (Å²) in [4.78, 5) is 30.9. The Labute approximate surface area is 212 Å². The van der Waals surface area contributed by atoms with E-state index in [9.17, 15) is 9.59 Å². The molecule has 0 saturated carbocycles. The highest BCUT2D eigenvalue weighted by Gasteiger charge is 2.20. The van der Waals surface area contributed by atoms with Gasteiger partial charge < -0.3 is 19.5 Å². The fraction of sp³-hybridized carbons (Fsp3) is 0.185. The molecule has 1 N–H and O–H groups in total. The van der Waals surface area contributed by atoms with Crippen LogP contribution in [0.1, 0.15) is 11.1 Å². The molecule has 1 amide bonds. The van der Waals surface area contributed by atoms with Crippen molar-refractivity contribution in [3.63, 3.8) is 0 Å². The predicted octanol–water partition coefficient (Wildman–Crippen LogP) is 4.11. The Balaban J connectivity index is 1.53. The molecule has 37 heavy (non-hydrogen) atoms. The van der Waals surface area contributed by atoms with E-state index in [0.717, 1.165) is 15.8 Å². The molecule has 0 aliphatic heterocycles. The van der Waals surface area contributed by atoms with Gasteiger partial charge in [0.05, 0.1) is 30.9 Å². The molecule has 0 fully saturated rings. The largest absolute Gasteiger partial charge is 0.497 e. The highest BCUT2D eigenvalue weighted by atomic mass is 16.5. The van der Waals surface area contributed by atoms with Gasteiger partial charge in [-0.05, 0) is 61.4 Å². The number of anilines is 1. The van der Waals surface area contributed by atoms with Crippen molar-refractivity contribution in [2.75, 3.05) is 19.5 Å². The maximum absolute atomic E-state index is 13.4. The molecule has 0 spiro atoms. The first-order valence-electron chi connectivity index (χ1n) is 11.5. The average Bonchev–Trinajstić information content (AvgIpc) is 3.20. The van der Waals surface area contributed by atoms with Crippen molar-refractivity contribution in [3.8, 4) is 23.1 Å². The normalized spacial score (nSPS) is 11.0. The number of nitrogens with one attached hydrogen (secondary N) is 1. The van der Waals surface area contributed by atoms with Gasteiger partial charge >= 0.3 is 5.69 Å². The molecule has 2 heterocycles. The van der Waals surface area contributed by atoms with Crippen molar-refractivity contribution in [3.05, 3.63) is 82.3 Å². The van der Waals surface area contributed by atoms with E-state index in [0.29, 0.717) is 34.0 Å². The van der Waals surface area contributed by atoms with Gasteiger partial charge in [0.1, 0.15) is 23.8 Å². The smallest absolute Gasteiger partial charge is 0.351 e. The van der Waals surface area contributed by atoms with Gasteiger partial charge in [0, 0.05) is 6.07 Å². The number of carbonyl (C=O) groups is 1.